The van der Waals surface area contributed by atoms with Crippen LogP contribution in [0.1, 0.15) is 5.56 Å². The molecular weight excluding hydrogens is 262 g/mol. The van der Waals surface area contributed by atoms with Crippen molar-refractivity contribution in [3.05, 3.63) is 66.5 Å². The SMILES string of the molecule is Cn1cc(/C=C/C(=O)Nc2cccc3ccccc23)cn1. The number of amides is 1. The van der Waals surface area contributed by atoms with Crippen LogP contribution < -0.4 is 5.32 Å². The zero-order chi connectivity index (χ0) is 14.7. The first kappa shape index (κ1) is 13.1. The quantitative estimate of drug-likeness (QED) is 0.747. The number of rotatable bonds is 3. The summed E-state index contributed by atoms with van der Waals surface area (Å²) in [7, 11) is 1.84. The second kappa shape index (κ2) is 5.63. The maximum atomic E-state index is 12.0. The number of nitrogens with one attached hydrogen (secondary N) is 1. The van der Waals surface area contributed by atoms with Crippen LogP contribution in [0.3, 0.4) is 0 Å². The van der Waals surface area contributed by atoms with Gasteiger partial charge in [0, 0.05) is 36.0 Å². The van der Waals surface area contributed by atoms with Crippen molar-refractivity contribution >= 4 is 28.4 Å². The van der Waals surface area contributed by atoms with Gasteiger partial charge in [0.15, 0.2) is 0 Å². The summed E-state index contributed by atoms with van der Waals surface area (Å²) >= 11 is 0. The molecule has 3 aromatic rings. The third-order valence-electron chi connectivity index (χ3n) is 3.20. The van der Waals surface area contributed by atoms with Gasteiger partial charge in [0.2, 0.25) is 5.91 Å². The molecule has 0 unspecified atom stereocenters. The molecule has 0 aliphatic rings. The number of nitrogens with zero attached hydrogens (tertiary/aromatic N) is 2. The first-order valence-electron chi connectivity index (χ1n) is 6.68. The van der Waals surface area contributed by atoms with E-state index < -0.39 is 0 Å². The van der Waals surface area contributed by atoms with E-state index in [9.17, 15) is 4.79 Å². The Balaban J connectivity index is 1.79. The molecule has 1 N–H and O–H groups in total. The van der Waals surface area contributed by atoms with Gasteiger partial charge in [-0.05, 0) is 17.5 Å². The highest BCUT2D eigenvalue weighted by atomic mass is 16.1. The lowest BCUT2D eigenvalue weighted by Gasteiger charge is -2.06. The van der Waals surface area contributed by atoms with Gasteiger partial charge in [-0.15, -0.1) is 0 Å². The number of benzene rings is 2. The van der Waals surface area contributed by atoms with E-state index in [1.165, 1.54) is 6.08 Å². The van der Waals surface area contributed by atoms with Crippen LogP contribution in [0, 0.1) is 0 Å². The summed E-state index contributed by atoms with van der Waals surface area (Å²) in [6.07, 6.45) is 6.82. The molecule has 0 aliphatic carbocycles. The minimum absolute atomic E-state index is 0.157. The van der Waals surface area contributed by atoms with Crippen molar-refractivity contribution in [3.8, 4) is 0 Å². The van der Waals surface area contributed by atoms with Crippen LogP contribution in [-0.2, 0) is 11.8 Å². The summed E-state index contributed by atoms with van der Waals surface area (Å²) in [5.74, 6) is -0.157. The zero-order valence-electron chi connectivity index (χ0n) is 11.7. The fourth-order valence-electron chi connectivity index (χ4n) is 2.21. The molecule has 1 heterocycles. The van der Waals surface area contributed by atoms with Gasteiger partial charge in [-0.3, -0.25) is 9.48 Å². The van der Waals surface area contributed by atoms with Crippen molar-refractivity contribution in [2.45, 2.75) is 0 Å². The third kappa shape index (κ3) is 3.00. The Kier molecular flexibility index (Phi) is 3.51. The minimum Gasteiger partial charge on any atom is -0.322 e. The summed E-state index contributed by atoms with van der Waals surface area (Å²) in [6, 6.07) is 13.8. The predicted molar refractivity (Wildman–Crippen MR) is 84.8 cm³/mol. The Morgan fingerprint density at radius 2 is 2.00 bits per heavy atom. The Morgan fingerprint density at radius 3 is 2.81 bits per heavy atom. The largest absolute Gasteiger partial charge is 0.322 e. The standard InChI is InChI=1S/C17H15N3O/c1-20-12-13(11-18-20)9-10-17(21)19-16-8-4-6-14-5-2-3-7-15(14)16/h2-12H,1H3,(H,19,21)/b10-9+. The van der Waals surface area contributed by atoms with Crippen LogP contribution >= 0.6 is 0 Å². The van der Waals surface area contributed by atoms with Crippen LogP contribution in [0.15, 0.2) is 60.9 Å². The van der Waals surface area contributed by atoms with Crippen molar-refractivity contribution < 1.29 is 4.79 Å². The predicted octanol–water partition coefficient (Wildman–Crippen LogP) is 3.23. The van der Waals surface area contributed by atoms with Crippen molar-refractivity contribution in [1.29, 1.82) is 0 Å². The van der Waals surface area contributed by atoms with Crippen LogP contribution in [0.4, 0.5) is 5.69 Å². The number of aromatic nitrogens is 2. The highest BCUT2D eigenvalue weighted by molar-refractivity contribution is 6.07. The summed E-state index contributed by atoms with van der Waals surface area (Å²) < 4.78 is 1.70. The first-order valence-corrected chi connectivity index (χ1v) is 6.68. The molecule has 4 nitrogen and oxygen atoms in total. The molecule has 4 heteroatoms. The van der Waals surface area contributed by atoms with Crippen molar-refractivity contribution in [2.75, 3.05) is 5.32 Å². The van der Waals surface area contributed by atoms with Gasteiger partial charge in [0.1, 0.15) is 0 Å². The molecule has 1 amide bonds. The first-order chi connectivity index (χ1) is 10.2. The lowest BCUT2D eigenvalue weighted by molar-refractivity contribution is -0.111. The molecule has 0 saturated carbocycles. The van der Waals surface area contributed by atoms with E-state index in [1.54, 1.807) is 17.0 Å². The lowest BCUT2D eigenvalue weighted by Crippen LogP contribution is -2.07. The van der Waals surface area contributed by atoms with Gasteiger partial charge in [0.25, 0.3) is 0 Å². The number of fused-ring (bicyclic) bond motifs is 1. The molecule has 1 aromatic heterocycles. The van der Waals surface area contributed by atoms with Crippen molar-refractivity contribution in [2.24, 2.45) is 7.05 Å². The molecule has 0 spiro atoms. The average molecular weight is 277 g/mol. The molecule has 0 saturated heterocycles. The molecule has 0 aliphatic heterocycles. The second-order valence-corrected chi connectivity index (χ2v) is 4.80. The molecule has 0 radical (unpaired) electrons. The third-order valence-corrected chi connectivity index (χ3v) is 3.20. The molecule has 0 bridgehead atoms. The smallest absolute Gasteiger partial charge is 0.248 e. The number of anilines is 1. The van der Waals surface area contributed by atoms with Gasteiger partial charge >= 0.3 is 0 Å². The fourth-order valence-corrected chi connectivity index (χ4v) is 2.21. The van der Waals surface area contributed by atoms with E-state index in [1.807, 2.05) is 55.7 Å². The molecule has 0 fully saturated rings. The van der Waals surface area contributed by atoms with Crippen molar-refractivity contribution in [3.63, 3.8) is 0 Å². The maximum Gasteiger partial charge on any atom is 0.248 e. The maximum absolute atomic E-state index is 12.0. The Morgan fingerprint density at radius 1 is 1.19 bits per heavy atom. The second-order valence-electron chi connectivity index (χ2n) is 4.80. The van der Waals surface area contributed by atoms with E-state index in [2.05, 4.69) is 10.4 Å². The summed E-state index contributed by atoms with van der Waals surface area (Å²) in [4.78, 5) is 12.0. The number of aryl methyl sites for hydroxylation is 1. The van der Waals surface area contributed by atoms with Gasteiger partial charge in [-0.2, -0.15) is 5.10 Å². The number of carbonyl (C=O) groups excluding carboxylic acids is 1. The minimum atomic E-state index is -0.157. The van der Waals surface area contributed by atoms with E-state index in [4.69, 9.17) is 0 Å². The molecule has 3 rings (SSSR count). The van der Waals surface area contributed by atoms with Crippen molar-refractivity contribution in [1.82, 2.24) is 9.78 Å². The average Bonchev–Trinajstić information content (AvgIpc) is 2.91. The van der Waals surface area contributed by atoms with E-state index >= 15 is 0 Å². The van der Waals surface area contributed by atoms with E-state index in [-0.39, 0.29) is 5.91 Å². The molecule has 21 heavy (non-hydrogen) atoms. The normalized spacial score (nSPS) is 11.1. The highest BCUT2D eigenvalue weighted by Gasteiger charge is 2.02. The summed E-state index contributed by atoms with van der Waals surface area (Å²) in [5, 5.41) is 9.10. The van der Waals surface area contributed by atoms with Crippen LogP contribution in [0.2, 0.25) is 0 Å². The van der Waals surface area contributed by atoms with Gasteiger partial charge < -0.3 is 5.32 Å². The molecular formula is C17H15N3O. The van der Waals surface area contributed by atoms with E-state index in [0.29, 0.717) is 0 Å². The van der Waals surface area contributed by atoms with Crippen LogP contribution in [0.25, 0.3) is 16.8 Å². The molecule has 0 atom stereocenters. The van der Waals surface area contributed by atoms with Crippen LogP contribution in [0.5, 0.6) is 0 Å². The molecule has 2 aromatic carbocycles. The highest BCUT2D eigenvalue weighted by Crippen LogP contribution is 2.22. The zero-order valence-corrected chi connectivity index (χ0v) is 11.7. The van der Waals surface area contributed by atoms with E-state index in [0.717, 1.165) is 22.0 Å². The monoisotopic (exact) mass is 277 g/mol. The Labute approximate surface area is 122 Å². The van der Waals surface area contributed by atoms with Gasteiger partial charge in [0.05, 0.1) is 6.20 Å². The summed E-state index contributed by atoms with van der Waals surface area (Å²) in [6.45, 7) is 0. The van der Waals surface area contributed by atoms with Gasteiger partial charge in [-0.1, -0.05) is 36.4 Å². The Bertz CT molecular complexity index is 812. The molecule has 104 valence electrons. The number of hydrogen-bond acceptors (Lipinski definition) is 2. The lowest BCUT2D eigenvalue weighted by atomic mass is 10.1. The Hall–Kier alpha value is -2.88. The fraction of sp³-hybridized carbons (Fsp3) is 0.0588. The topological polar surface area (TPSA) is 46.9 Å². The van der Waals surface area contributed by atoms with Gasteiger partial charge in [-0.25, -0.2) is 0 Å². The summed E-state index contributed by atoms with van der Waals surface area (Å²) in [5.41, 5.74) is 1.71. The number of hydrogen-bond donors (Lipinski definition) is 1. The van der Waals surface area contributed by atoms with Crippen LogP contribution in [-0.4, -0.2) is 15.7 Å². The number of carbonyl (C=O) groups is 1.